The van der Waals surface area contributed by atoms with E-state index in [1.54, 1.807) is 31.4 Å². The molecular weight excluding hydrogens is 552 g/mol. The molecule has 194 valence electrons. The van der Waals surface area contributed by atoms with E-state index in [4.69, 9.17) is 4.98 Å². The number of nitrogens with one attached hydrogen (secondary N) is 2. The lowest BCUT2D eigenvalue weighted by molar-refractivity contribution is -0.125. The number of aromatic nitrogens is 2. The third-order valence-electron chi connectivity index (χ3n) is 7.17. The van der Waals surface area contributed by atoms with Gasteiger partial charge >= 0.3 is 6.03 Å². The minimum atomic E-state index is -0.875. The molecule has 1 atom stereocenters. The van der Waals surface area contributed by atoms with E-state index in [9.17, 15) is 9.59 Å². The first-order valence-corrected chi connectivity index (χ1v) is 14.1. The molecule has 10 heteroatoms. The SMILES string of the molecule is CC(C)N1Cc2cc(-c3nc(NCCN4C(=O)NC(=O)C4(C)C)ncc3Br)sc2C(c2ccccc2)C1. The molecule has 2 aliphatic heterocycles. The molecule has 0 bridgehead atoms. The van der Waals surface area contributed by atoms with Crippen molar-refractivity contribution >= 4 is 45.2 Å². The average Bonchev–Trinajstić information content (AvgIpc) is 3.38. The first-order chi connectivity index (χ1) is 17.6. The summed E-state index contributed by atoms with van der Waals surface area (Å²) in [6.07, 6.45) is 1.76. The van der Waals surface area contributed by atoms with Crippen LogP contribution in [0, 0.1) is 0 Å². The highest BCUT2D eigenvalue weighted by molar-refractivity contribution is 9.10. The molecule has 3 aromatic rings. The van der Waals surface area contributed by atoms with Gasteiger partial charge in [-0.1, -0.05) is 30.3 Å². The summed E-state index contributed by atoms with van der Waals surface area (Å²) in [7, 11) is 0. The Morgan fingerprint density at radius 3 is 2.68 bits per heavy atom. The summed E-state index contributed by atoms with van der Waals surface area (Å²) in [5.41, 5.74) is 2.65. The van der Waals surface area contributed by atoms with Crippen LogP contribution in [-0.4, -0.2) is 62.9 Å². The summed E-state index contributed by atoms with van der Waals surface area (Å²) >= 11 is 5.45. The summed E-state index contributed by atoms with van der Waals surface area (Å²) < 4.78 is 0.833. The second kappa shape index (κ2) is 10.2. The van der Waals surface area contributed by atoms with Crippen LogP contribution in [0.2, 0.25) is 0 Å². The zero-order valence-electron chi connectivity index (χ0n) is 21.4. The number of halogens is 1. The van der Waals surface area contributed by atoms with E-state index in [1.807, 2.05) is 0 Å². The Hall–Kier alpha value is -2.82. The molecule has 8 nitrogen and oxygen atoms in total. The fraction of sp³-hybridized carbons (Fsp3) is 0.407. The van der Waals surface area contributed by atoms with Crippen molar-refractivity contribution in [2.45, 2.75) is 51.7 Å². The monoisotopic (exact) mass is 582 g/mol. The fourth-order valence-electron chi connectivity index (χ4n) is 4.89. The number of hydrogen-bond acceptors (Lipinski definition) is 7. The third-order valence-corrected chi connectivity index (χ3v) is 9.05. The van der Waals surface area contributed by atoms with Crippen LogP contribution in [0.1, 0.15) is 49.6 Å². The highest BCUT2D eigenvalue weighted by Gasteiger charge is 2.45. The highest BCUT2D eigenvalue weighted by Crippen LogP contribution is 2.43. The number of amides is 3. The Bertz CT molecular complexity index is 1330. The minimum Gasteiger partial charge on any atom is -0.352 e. The Morgan fingerprint density at radius 1 is 1.24 bits per heavy atom. The lowest BCUT2D eigenvalue weighted by atomic mass is 9.90. The van der Waals surface area contributed by atoms with Gasteiger partial charge in [-0.05, 0) is 60.8 Å². The second-order valence-electron chi connectivity index (χ2n) is 10.3. The van der Waals surface area contributed by atoms with Gasteiger partial charge in [-0.2, -0.15) is 0 Å². The molecule has 2 aliphatic rings. The average molecular weight is 584 g/mol. The smallest absolute Gasteiger partial charge is 0.325 e. The predicted molar refractivity (Wildman–Crippen MR) is 150 cm³/mol. The molecule has 0 aliphatic carbocycles. The maximum atomic E-state index is 12.1. The van der Waals surface area contributed by atoms with Gasteiger partial charge in [0.1, 0.15) is 5.54 Å². The Labute approximate surface area is 229 Å². The number of rotatable bonds is 7. The molecule has 1 aromatic carbocycles. The number of thiophene rings is 1. The lowest BCUT2D eigenvalue weighted by Gasteiger charge is -2.35. The van der Waals surface area contributed by atoms with Crippen LogP contribution < -0.4 is 10.6 Å². The van der Waals surface area contributed by atoms with Crippen LogP contribution in [0.4, 0.5) is 10.7 Å². The molecule has 5 rings (SSSR count). The zero-order valence-corrected chi connectivity index (χ0v) is 23.8. The molecule has 37 heavy (non-hydrogen) atoms. The van der Waals surface area contributed by atoms with E-state index in [0.717, 1.165) is 28.1 Å². The molecule has 2 aromatic heterocycles. The summed E-state index contributed by atoms with van der Waals surface area (Å²) in [4.78, 5) is 39.9. The Morgan fingerprint density at radius 2 is 2.00 bits per heavy atom. The topological polar surface area (TPSA) is 90.5 Å². The largest absolute Gasteiger partial charge is 0.352 e. The second-order valence-corrected chi connectivity index (χ2v) is 12.2. The molecule has 3 amide bonds. The van der Waals surface area contributed by atoms with Gasteiger partial charge in [0.25, 0.3) is 5.91 Å². The lowest BCUT2D eigenvalue weighted by Crippen LogP contribution is -2.46. The fourth-order valence-corrected chi connectivity index (χ4v) is 6.73. The van der Waals surface area contributed by atoms with E-state index < -0.39 is 5.54 Å². The van der Waals surface area contributed by atoms with E-state index in [0.29, 0.717) is 31.0 Å². The van der Waals surface area contributed by atoms with Gasteiger partial charge in [0.15, 0.2) is 0 Å². The molecule has 1 saturated heterocycles. The van der Waals surface area contributed by atoms with Gasteiger partial charge in [-0.25, -0.2) is 14.8 Å². The minimum absolute atomic E-state index is 0.286. The summed E-state index contributed by atoms with van der Waals surface area (Å²) in [6.45, 7) is 10.7. The third kappa shape index (κ3) is 5.02. The van der Waals surface area contributed by atoms with E-state index >= 15 is 0 Å². The number of carbonyl (C=O) groups excluding carboxylic acids is 2. The molecule has 1 fully saturated rings. The Balaban J connectivity index is 1.38. The van der Waals surface area contributed by atoms with Crippen LogP contribution in [0.15, 0.2) is 47.1 Å². The van der Waals surface area contributed by atoms with Gasteiger partial charge in [0, 0.05) is 49.2 Å². The standard InChI is InChI=1S/C27H31BrN6O2S/c1-16(2)33-14-18-12-21(37-23(18)19(15-33)17-8-6-5-7-9-17)22-20(28)13-30-25(31-22)29-10-11-34-26(36)32-24(35)27(34,3)4/h5-9,12-13,16,19H,10-11,14-15H2,1-4H3,(H,29,30,31)(H,32,35,36). The van der Waals surface area contributed by atoms with Gasteiger partial charge < -0.3 is 10.2 Å². The molecule has 4 heterocycles. The van der Waals surface area contributed by atoms with Crippen LogP contribution in [-0.2, 0) is 11.3 Å². The van der Waals surface area contributed by atoms with Gasteiger partial charge in [0.2, 0.25) is 5.95 Å². The van der Waals surface area contributed by atoms with Crippen molar-refractivity contribution in [3.05, 3.63) is 63.1 Å². The van der Waals surface area contributed by atoms with Crippen molar-refractivity contribution in [1.29, 1.82) is 0 Å². The summed E-state index contributed by atoms with van der Waals surface area (Å²) in [6, 6.07) is 13.1. The number of nitrogens with zero attached hydrogens (tertiary/aromatic N) is 4. The number of urea groups is 1. The van der Waals surface area contributed by atoms with E-state index in [2.05, 4.69) is 86.7 Å². The van der Waals surface area contributed by atoms with Crippen molar-refractivity contribution in [3.63, 3.8) is 0 Å². The molecule has 0 radical (unpaired) electrons. The molecule has 1 unspecified atom stereocenters. The first kappa shape index (κ1) is 25.8. The highest BCUT2D eigenvalue weighted by atomic mass is 79.9. The molecular formula is C27H31BrN6O2S. The number of benzene rings is 1. The van der Waals surface area contributed by atoms with Crippen LogP contribution in [0.3, 0.4) is 0 Å². The maximum absolute atomic E-state index is 12.1. The summed E-state index contributed by atoms with van der Waals surface area (Å²) in [5, 5.41) is 5.59. The maximum Gasteiger partial charge on any atom is 0.325 e. The normalized spacial score (nSPS) is 19.3. The first-order valence-electron chi connectivity index (χ1n) is 12.5. The van der Waals surface area contributed by atoms with Gasteiger partial charge in [-0.15, -0.1) is 11.3 Å². The zero-order chi connectivity index (χ0) is 26.3. The quantitative estimate of drug-likeness (QED) is 0.378. The number of anilines is 1. The van der Waals surface area contributed by atoms with Crippen molar-refractivity contribution in [1.82, 2.24) is 25.1 Å². The van der Waals surface area contributed by atoms with Crippen LogP contribution in [0.5, 0.6) is 0 Å². The molecule has 0 saturated carbocycles. The van der Waals surface area contributed by atoms with Gasteiger partial charge in [0.05, 0.1) is 15.0 Å². The Kier molecular flexibility index (Phi) is 7.08. The predicted octanol–water partition coefficient (Wildman–Crippen LogP) is 5.07. The molecule has 0 spiro atoms. The van der Waals surface area contributed by atoms with Crippen molar-refractivity contribution < 1.29 is 9.59 Å². The van der Waals surface area contributed by atoms with Crippen molar-refractivity contribution in [2.24, 2.45) is 0 Å². The van der Waals surface area contributed by atoms with Crippen LogP contribution in [0.25, 0.3) is 10.6 Å². The molecule has 2 N–H and O–H groups in total. The van der Waals surface area contributed by atoms with Gasteiger partial charge in [-0.3, -0.25) is 15.0 Å². The number of hydrogen-bond donors (Lipinski definition) is 2. The van der Waals surface area contributed by atoms with E-state index in [1.165, 1.54) is 20.9 Å². The van der Waals surface area contributed by atoms with Crippen molar-refractivity contribution in [3.8, 4) is 10.6 Å². The number of imide groups is 1. The van der Waals surface area contributed by atoms with E-state index in [-0.39, 0.29) is 11.9 Å². The van der Waals surface area contributed by atoms with Crippen LogP contribution >= 0.6 is 27.3 Å². The van der Waals surface area contributed by atoms with Crippen molar-refractivity contribution in [2.75, 3.05) is 25.0 Å². The number of carbonyl (C=O) groups is 2. The summed E-state index contributed by atoms with van der Waals surface area (Å²) in [5.74, 6) is 0.518. The number of fused-ring (bicyclic) bond motifs is 1.